The maximum Gasteiger partial charge on any atom is 0.311 e. The first-order valence-corrected chi connectivity index (χ1v) is 5.47. The summed E-state index contributed by atoms with van der Waals surface area (Å²) in [7, 11) is 1.44. The molecule has 0 amide bonds. The van der Waals surface area contributed by atoms with Gasteiger partial charge in [-0.2, -0.15) is 0 Å². The molecule has 0 atom stereocenters. The second-order valence-corrected chi connectivity index (χ2v) is 4.66. The molecule has 0 bridgehead atoms. The zero-order chi connectivity index (χ0) is 10.9. The summed E-state index contributed by atoms with van der Waals surface area (Å²) in [5.74, 6) is -0.511. The van der Waals surface area contributed by atoms with Crippen LogP contribution in [0.2, 0.25) is 0 Å². The second-order valence-electron chi connectivity index (χ2n) is 4.66. The molecule has 1 aliphatic heterocycles. The van der Waals surface area contributed by atoms with Crippen molar-refractivity contribution in [2.24, 2.45) is 5.41 Å². The smallest absolute Gasteiger partial charge is 0.311 e. The molecule has 0 N–H and O–H groups in total. The molecular weight excluding hydrogens is 196 g/mol. The molecule has 4 nitrogen and oxygen atoms in total. The molecule has 2 aliphatic rings. The first-order chi connectivity index (χ1) is 7.10. The lowest BCUT2D eigenvalue weighted by atomic mass is 9.73. The molecule has 0 aromatic heterocycles. The van der Waals surface area contributed by atoms with E-state index in [2.05, 4.69) is 0 Å². The Labute approximate surface area is 89.9 Å². The molecule has 1 spiro atoms. The van der Waals surface area contributed by atoms with Crippen LogP contribution in [0.25, 0.3) is 0 Å². The van der Waals surface area contributed by atoms with Gasteiger partial charge in [-0.3, -0.25) is 4.79 Å². The molecule has 0 radical (unpaired) electrons. The van der Waals surface area contributed by atoms with Gasteiger partial charge in [0.1, 0.15) is 0 Å². The monoisotopic (exact) mass is 214 g/mol. The minimum absolute atomic E-state index is 0.115. The molecule has 0 unspecified atom stereocenters. The van der Waals surface area contributed by atoms with E-state index in [0.29, 0.717) is 13.2 Å². The van der Waals surface area contributed by atoms with Crippen LogP contribution in [0.1, 0.15) is 32.6 Å². The van der Waals surface area contributed by atoms with E-state index in [9.17, 15) is 4.79 Å². The Kier molecular flexibility index (Phi) is 2.73. The molecule has 2 fully saturated rings. The van der Waals surface area contributed by atoms with Crippen LogP contribution in [-0.2, 0) is 19.0 Å². The summed E-state index contributed by atoms with van der Waals surface area (Å²) in [5.41, 5.74) is -0.352. The van der Waals surface area contributed by atoms with Gasteiger partial charge >= 0.3 is 5.97 Å². The number of hydrogen-bond acceptors (Lipinski definition) is 4. The van der Waals surface area contributed by atoms with Crippen molar-refractivity contribution in [3.63, 3.8) is 0 Å². The molecule has 15 heavy (non-hydrogen) atoms. The number of methoxy groups -OCH3 is 1. The third-order valence-corrected chi connectivity index (χ3v) is 3.61. The lowest BCUT2D eigenvalue weighted by Gasteiger charge is -2.39. The van der Waals surface area contributed by atoms with Gasteiger partial charge in [0, 0.05) is 12.8 Å². The van der Waals surface area contributed by atoms with Crippen LogP contribution >= 0.6 is 0 Å². The van der Waals surface area contributed by atoms with Crippen LogP contribution in [0.15, 0.2) is 0 Å². The fourth-order valence-electron chi connectivity index (χ4n) is 2.42. The maximum absolute atomic E-state index is 11.6. The number of ether oxygens (including phenoxy) is 3. The van der Waals surface area contributed by atoms with Gasteiger partial charge in [-0.15, -0.1) is 0 Å². The van der Waals surface area contributed by atoms with E-state index in [0.717, 1.165) is 25.7 Å². The van der Waals surface area contributed by atoms with E-state index in [1.165, 1.54) is 7.11 Å². The van der Waals surface area contributed by atoms with E-state index in [1.807, 2.05) is 6.92 Å². The summed E-state index contributed by atoms with van der Waals surface area (Å²) >= 11 is 0. The Morgan fingerprint density at radius 2 is 1.67 bits per heavy atom. The Morgan fingerprint density at radius 1 is 1.13 bits per heavy atom. The molecule has 1 saturated heterocycles. The van der Waals surface area contributed by atoms with E-state index in [4.69, 9.17) is 14.2 Å². The Balaban J connectivity index is 1.99. The predicted molar refractivity (Wildman–Crippen MR) is 53.2 cm³/mol. The van der Waals surface area contributed by atoms with Crippen LogP contribution in [0.4, 0.5) is 0 Å². The highest BCUT2D eigenvalue weighted by atomic mass is 16.7. The summed E-state index contributed by atoms with van der Waals surface area (Å²) in [4.78, 5) is 11.6. The topological polar surface area (TPSA) is 44.8 Å². The highest BCUT2D eigenvalue weighted by molar-refractivity contribution is 5.76. The third-order valence-electron chi connectivity index (χ3n) is 3.61. The van der Waals surface area contributed by atoms with Crippen LogP contribution in [0, 0.1) is 5.41 Å². The number of carbonyl (C=O) groups is 1. The van der Waals surface area contributed by atoms with Gasteiger partial charge in [0.2, 0.25) is 0 Å². The van der Waals surface area contributed by atoms with Gasteiger partial charge in [0.15, 0.2) is 5.79 Å². The largest absolute Gasteiger partial charge is 0.469 e. The first kappa shape index (κ1) is 10.9. The minimum atomic E-state index is -0.395. The van der Waals surface area contributed by atoms with Crippen molar-refractivity contribution in [2.45, 2.75) is 38.4 Å². The zero-order valence-corrected chi connectivity index (χ0v) is 9.38. The predicted octanol–water partition coefficient (Wildman–Crippen LogP) is 1.48. The van der Waals surface area contributed by atoms with Gasteiger partial charge in [-0.25, -0.2) is 0 Å². The van der Waals surface area contributed by atoms with E-state index >= 15 is 0 Å². The van der Waals surface area contributed by atoms with Crippen molar-refractivity contribution in [1.29, 1.82) is 0 Å². The summed E-state index contributed by atoms with van der Waals surface area (Å²) < 4.78 is 16.1. The van der Waals surface area contributed by atoms with Crippen molar-refractivity contribution in [3.05, 3.63) is 0 Å². The van der Waals surface area contributed by atoms with Crippen molar-refractivity contribution in [2.75, 3.05) is 20.3 Å². The van der Waals surface area contributed by atoms with E-state index in [-0.39, 0.29) is 11.4 Å². The van der Waals surface area contributed by atoms with Gasteiger partial charge in [0.25, 0.3) is 0 Å². The standard InChI is InChI=1S/C11H18O4/c1-10(9(12)13-2)3-5-11(6-4-10)14-7-8-15-11/h3-8H2,1-2H3. The van der Waals surface area contributed by atoms with Crippen LogP contribution in [0.5, 0.6) is 0 Å². The van der Waals surface area contributed by atoms with E-state index in [1.54, 1.807) is 0 Å². The van der Waals surface area contributed by atoms with Gasteiger partial charge in [0.05, 0.1) is 25.7 Å². The summed E-state index contributed by atoms with van der Waals surface area (Å²) in [6.45, 7) is 3.31. The summed E-state index contributed by atoms with van der Waals surface area (Å²) in [5, 5.41) is 0. The lowest BCUT2D eigenvalue weighted by Crippen LogP contribution is -2.42. The van der Waals surface area contributed by atoms with Gasteiger partial charge in [-0.05, 0) is 19.8 Å². The van der Waals surface area contributed by atoms with E-state index < -0.39 is 5.79 Å². The molecule has 1 aliphatic carbocycles. The van der Waals surface area contributed by atoms with Gasteiger partial charge in [-0.1, -0.05) is 0 Å². The Morgan fingerprint density at radius 3 is 2.13 bits per heavy atom. The average Bonchev–Trinajstić information content (AvgIpc) is 2.71. The Hall–Kier alpha value is -0.610. The van der Waals surface area contributed by atoms with Crippen LogP contribution in [0.3, 0.4) is 0 Å². The summed E-state index contributed by atoms with van der Waals surface area (Å²) in [6.07, 6.45) is 3.14. The quantitative estimate of drug-likeness (QED) is 0.620. The van der Waals surface area contributed by atoms with Crippen molar-refractivity contribution in [3.8, 4) is 0 Å². The highest BCUT2D eigenvalue weighted by Gasteiger charge is 2.47. The van der Waals surface area contributed by atoms with Crippen LogP contribution < -0.4 is 0 Å². The first-order valence-electron chi connectivity index (χ1n) is 5.47. The zero-order valence-electron chi connectivity index (χ0n) is 9.38. The summed E-state index contributed by atoms with van der Waals surface area (Å²) in [6, 6.07) is 0. The molecule has 0 aromatic rings. The van der Waals surface area contributed by atoms with Crippen molar-refractivity contribution in [1.82, 2.24) is 0 Å². The average molecular weight is 214 g/mol. The molecule has 2 rings (SSSR count). The number of hydrogen-bond donors (Lipinski definition) is 0. The van der Waals surface area contributed by atoms with Crippen LogP contribution in [-0.4, -0.2) is 32.1 Å². The molecule has 1 heterocycles. The SMILES string of the molecule is COC(=O)C1(C)CCC2(CC1)OCCO2. The molecule has 86 valence electrons. The molecule has 1 saturated carbocycles. The molecule has 4 heteroatoms. The Bertz CT molecular complexity index is 245. The molecular formula is C11H18O4. The van der Waals surface area contributed by atoms with Gasteiger partial charge < -0.3 is 14.2 Å². The third kappa shape index (κ3) is 1.88. The maximum atomic E-state index is 11.6. The minimum Gasteiger partial charge on any atom is -0.469 e. The van der Waals surface area contributed by atoms with Crippen molar-refractivity contribution >= 4 is 5.97 Å². The fourth-order valence-corrected chi connectivity index (χ4v) is 2.42. The second kappa shape index (κ2) is 3.76. The number of rotatable bonds is 1. The highest BCUT2D eigenvalue weighted by Crippen LogP contribution is 2.44. The number of esters is 1. The van der Waals surface area contributed by atoms with Crippen molar-refractivity contribution < 1.29 is 19.0 Å². The lowest BCUT2D eigenvalue weighted by molar-refractivity contribution is -0.196. The normalized spacial score (nSPS) is 27.9. The number of carbonyl (C=O) groups excluding carboxylic acids is 1. The molecule has 0 aromatic carbocycles. The fraction of sp³-hybridized carbons (Fsp3) is 0.909.